The van der Waals surface area contributed by atoms with Crippen LogP contribution in [0.1, 0.15) is 16.8 Å². The van der Waals surface area contributed by atoms with Crippen LogP contribution in [0.4, 0.5) is 0 Å². The number of hydrogen-bond donors (Lipinski definition) is 3. The normalized spacial score (nSPS) is 22.0. The van der Waals surface area contributed by atoms with Crippen LogP contribution in [0.2, 0.25) is 0 Å². The van der Waals surface area contributed by atoms with Crippen molar-refractivity contribution in [3.63, 3.8) is 0 Å². The minimum atomic E-state index is -1.06. The molecule has 1 amide bonds. The van der Waals surface area contributed by atoms with Crippen LogP contribution in [0.3, 0.4) is 0 Å². The van der Waals surface area contributed by atoms with Crippen LogP contribution >= 0.6 is 0 Å². The molecule has 2 aromatic rings. The fourth-order valence-corrected chi connectivity index (χ4v) is 2.32. The number of aromatic amines is 1. The van der Waals surface area contributed by atoms with Gasteiger partial charge in [0.2, 0.25) is 0 Å². The van der Waals surface area contributed by atoms with E-state index in [1.165, 1.54) is 0 Å². The van der Waals surface area contributed by atoms with Gasteiger partial charge in [-0.2, -0.15) is 5.10 Å². The Hall–Kier alpha value is -2.41. The third kappa shape index (κ3) is 2.23. The van der Waals surface area contributed by atoms with Crippen molar-refractivity contribution in [3.05, 3.63) is 30.0 Å². The van der Waals surface area contributed by atoms with Gasteiger partial charge in [0.05, 0.1) is 17.8 Å². The zero-order valence-corrected chi connectivity index (χ0v) is 10.5. The Bertz CT molecular complexity index is 666. The first-order chi connectivity index (χ1) is 9.65. The highest BCUT2D eigenvalue weighted by Gasteiger charge is 2.35. The van der Waals surface area contributed by atoms with Crippen molar-refractivity contribution >= 4 is 22.8 Å². The van der Waals surface area contributed by atoms with Gasteiger partial charge in [-0.1, -0.05) is 0 Å². The van der Waals surface area contributed by atoms with E-state index in [9.17, 15) is 9.59 Å². The number of fused-ring (bicyclic) bond motifs is 1. The van der Waals surface area contributed by atoms with Gasteiger partial charge < -0.3 is 15.2 Å². The maximum absolute atomic E-state index is 12.1. The van der Waals surface area contributed by atoms with Gasteiger partial charge in [0, 0.05) is 17.6 Å². The fraction of sp³-hybridized carbons (Fsp3) is 0.308. The smallest absolute Gasteiger partial charge is 0.334 e. The maximum atomic E-state index is 12.1. The molecule has 0 spiro atoms. The van der Waals surface area contributed by atoms with Gasteiger partial charge >= 0.3 is 5.97 Å². The first-order valence-electron chi connectivity index (χ1n) is 6.23. The van der Waals surface area contributed by atoms with E-state index in [0.29, 0.717) is 18.6 Å². The average Bonchev–Trinajstić information content (AvgIpc) is 3.05. The molecule has 3 N–H and O–H groups in total. The van der Waals surface area contributed by atoms with Crippen LogP contribution in [-0.4, -0.2) is 45.9 Å². The van der Waals surface area contributed by atoms with Crippen LogP contribution in [0.5, 0.6) is 0 Å². The molecular formula is C13H13N3O4. The molecule has 1 aromatic heterocycles. The number of rotatable bonds is 3. The molecule has 0 saturated carbocycles. The van der Waals surface area contributed by atoms with E-state index >= 15 is 0 Å². The van der Waals surface area contributed by atoms with Gasteiger partial charge in [-0.05, 0) is 24.6 Å². The minimum absolute atomic E-state index is 0.310. The number of benzene rings is 1. The topological polar surface area (TPSA) is 104 Å². The molecule has 7 heteroatoms. The first-order valence-corrected chi connectivity index (χ1v) is 6.23. The predicted octanol–water partition coefficient (Wildman–Crippen LogP) is 0.535. The molecule has 7 nitrogen and oxygen atoms in total. The Morgan fingerprint density at radius 3 is 3.10 bits per heavy atom. The molecular weight excluding hydrogens is 262 g/mol. The summed E-state index contributed by atoms with van der Waals surface area (Å²) in [6, 6.07) is 4.64. The molecule has 104 valence electrons. The second kappa shape index (κ2) is 4.93. The summed E-state index contributed by atoms with van der Waals surface area (Å²) < 4.78 is 5.09. The number of carbonyl (C=O) groups is 2. The molecule has 2 heterocycles. The number of H-pyrrole nitrogens is 1. The number of carboxylic acid groups (broad SMARTS) is 1. The van der Waals surface area contributed by atoms with Crippen LogP contribution in [0, 0.1) is 0 Å². The van der Waals surface area contributed by atoms with Crippen molar-refractivity contribution in [3.8, 4) is 0 Å². The molecule has 1 saturated heterocycles. The largest absolute Gasteiger partial charge is 0.479 e. The van der Waals surface area contributed by atoms with Gasteiger partial charge in [0.25, 0.3) is 5.91 Å². The minimum Gasteiger partial charge on any atom is -0.479 e. The summed E-state index contributed by atoms with van der Waals surface area (Å²) in [6.45, 7) is 0.336. The molecule has 0 aliphatic carbocycles. The number of nitrogens with zero attached hydrogens (tertiary/aromatic N) is 1. The van der Waals surface area contributed by atoms with Gasteiger partial charge in [0.15, 0.2) is 6.10 Å². The Morgan fingerprint density at radius 2 is 2.30 bits per heavy atom. The van der Waals surface area contributed by atoms with Crippen LogP contribution < -0.4 is 5.32 Å². The summed E-state index contributed by atoms with van der Waals surface area (Å²) in [5, 5.41) is 19.2. The third-order valence-corrected chi connectivity index (χ3v) is 3.35. The first kappa shape index (κ1) is 12.6. The van der Waals surface area contributed by atoms with E-state index in [4.69, 9.17) is 9.84 Å². The number of nitrogens with one attached hydrogen (secondary N) is 2. The molecule has 0 unspecified atom stereocenters. The number of aromatic nitrogens is 2. The van der Waals surface area contributed by atoms with Gasteiger partial charge in [-0.25, -0.2) is 4.79 Å². The summed E-state index contributed by atoms with van der Waals surface area (Å²) >= 11 is 0. The zero-order chi connectivity index (χ0) is 14.1. The molecule has 0 bridgehead atoms. The standard InChI is InChI=1S/C13H13N3O4/c17-12(15-10-3-4-20-11(10)13(18)19)7-1-2-9-8(5-7)6-14-16-9/h1-2,5-6,10-11H,3-4H2,(H,14,16)(H,15,17)(H,18,19)/t10-,11+/m0/s1. The molecule has 0 radical (unpaired) electrons. The van der Waals surface area contributed by atoms with Crippen molar-refractivity contribution in [1.29, 1.82) is 0 Å². The second-order valence-corrected chi connectivity index (χ2v) is 4.67. The van der Waals surface area contributed by atoms with E-state index in [1.807, 2.05) is 0 Å². The Morgan fingerprint density at radius 1 is 1.45 bits per heavy atom. The summed E-state index contributed by atoms with van der Waals surface area (Å²) in [5.41, 5.74) is 1.31. The van der Waals surface area contributed by atoms with Gasteiger partial charge in [0.1, 0.15) is 0 Å². The highest BCUT2D eigenvalue weighted by molar-refractivity contribution is 5.98. The Balaban J connectivity index is 1.77. The van der Waals surface area contributed by atoms with Gasteiger partial charge in [-0.15, -0.1) is 0 Å². The lowest BCUT2D eigenvalue weighted by atomic mass is 10.1. The van der Waals surface area contributed by atoms with Crippen molar-refractivity contribution < 1.29 is 19.4 Å². The van der Waals surface area contributed by atoms with Crippen molar-refractivity contribution in [2.75, 3.05) is 6.61 Å². The predicted molar refractivity (Wildman–Crippen MR) is 69.3 cm³/mol. The van der Waals surface area contributed by atoms with Gasteiger partial charge in [-0.3, -0.25) is 9.89 Å². The molecule has 1 fully saturated rings. The second-order valence-electron chi connectivity index (χ2n) is 4.67. The number of hydrogen-bond acceptors (Lipinski definition) is 4. The van der Waals surface area contributed by atoms with E-state index in [-0.39, 0.29) is 5.91 Å². The summed E-state index contributed by atoms with van der Waals surface area (Å²) in [7, 11) is 0. The number of carboxylic acids is 1. The number of ether oxygens (including phenoxy) is 1. The lowest BCUT2D eigenvalue weighted by Crippen LogP contribution is -2.44. The molecule has 1 aliphatic rings. The summed E-state index contributed by atoms with van der Waals surface area (Å²) in [4.78, 5) is 23.1. The molecule has 1 aliphatic heterocycles. The van der Waals surface area contributed by atoms with E-state index in [0.717, 1.165) is 10.9 Å². The lowest BCUT2D eigenvalue weighted by Gasteiger charge is -2.16. The van der Waals surface area contributed by atoms with Crippen LogP contribution in [0.25, 0.3) is 10.9 Å². The van der Waals surface area contributed by atoms with E-state index in [2.05, 4.69) is 15.5 Å². The molecule has 2 atom stereocenters. The number of aliphatic carboxylic acids is 1. The zero-order valence-electron chi connectivity index (χ0n) is 10.5. The van der Waals surface area contributed by atoms with E-state index in [1.54, 1.807) is 24.4 Å². The Kier molecular flexibility index (Phi) is 3.11. The van der Waals surface area contributed by atoms with Crippen LogP contribution in [0.15, 0.2) is 24.4 Å². The van der Waals surface area contributed by atoms with E-state index < -0.39 is 18.1 Å². The van der Waals surface area contributed by atoms with Crippen molar-refractivity contribution in [2.45, 2.75) is 18.6 Å². The Labute approximate surface area is 113 Å². The quantitative estimate of drug-likeness (QED) is 0.758. The van der Waals surface area contributed by atoms with Crippen molar-refractivity contribution in [1.82, 2.24) is 15.5 Å². The SMILES string of the molecule is O=C(N[C@H]1CCO[C@H]1C(=O)O)c1ccc2[nH]ncc2c1. The number of carbonyl (C=O) groups excluding carboxylic acids is 1. The third-order valence-electron chi connectivity index (χ3n) is 3.35. The monoisotopic (exact) mass is 275 g/mol. The highest BCUT2D eigenvalue weighted by Crippen LogP contribution is 2.16. The lowest BCUT2D eigenvalue weighted by molar-refractivity contribution is -0.148. The molecule has 20 heavy (non-hydrogen) atoms. The van der Waals surface area contributed by atoms with Crippen molar-refractivity contribution in [2.24, 2.45) is 0 Å². The summed E-state index contributed by atoms with van der Waals surface area (Å²) in [6.07, 6.45) is 1.15. The summed E-state index contributed by atoms with van der Waals surface area (Å²) in [5.74, 6) is -1.37. The number of amides is 1. The fourth-order valence-electron chi connectivity index (χ4n) is 2.32. The highest BCUT2D eigenvalue weighted by atomic mass is 16.5. The maximum Gasteiger partial charge on any atom is 0.334 e. The van der Waals surface area contributed by atoms with Crippen LogP contribution in [-0.2, 0) is 9.53 Å². The molecule has 3 rings (SSSR count). The average molecular weight is 275 g/mol. The molecule has 1 aromatic carbocycles.